The number of anilines is 1. The zero-order valence-electron chi connectivity index (χ0n) is 17.4. The minimum Gasteiger partial charge on any atom is -0.357 e. The summed E-state index contributed by atoms with van der Waals surface area (Å²) in [6.07, 6.45) is 3.87. The normalized spacial score (nSPS) is 23.2. The molecule has 140 valence electrons. The van der Waals surface area contributed by atoms with Gasteiger partial charge in [0.25, 0.3) is 0 Å². The molecule has 1 saturated heterocycles. The largest absolute Gasteiger partial charge is 0.357 e. The molecule has 0 unspecified atom stereocenters. The van der Waals surface area contributed by atoms with Crippen LogP contribution in [0.1, 0.15) is 58.6 Å². The molecule has 0 N–H and O–H groups in total. The first-order chi connectivity index (χ1) is 12.3. The monoisotopic (exact) mass is 365 g/mol. The predicted octanol–water partition coefficient (Wildman–Crippen LogP) is 7.22. The summed E-state index contributed by atoms with van der Waals surface area (Å²) in [7, 11) is -1.62. The Bertz CT molecular complexity index is 669. The molecule has 1 aliphatic rings. The average Bonchev–Trinajstić information content (AvgIpc) is 3.31. The predicted molar refractivity (Wildman–Crippen MR) is 118 cm³/mol. The highest BCUT2D eigenvalue weighted by Crippen LogP contribution is 2.66. The van der Waals surface area contributed by atoms with Gasteiger partial charge in [-0.15, -0.1) is 0 Å². The van der Waals surface area contributed by atoms with Gasteiger partial charge in [-0.1, -0.05) is 102 Å². The van der Waals surface area contributed by atoms with Crippen LogP contribution in [0.4, 0.5) is 5.69 Å². The molecular formula is C24H35NSi. The lowest BCUT2D eigenvalue weighted by atomic mass is 10.1. The maximum absolute atomic E-state index is 2.77. The summed E-state index contributed by atoms with van der Waals surface area (Å²) in [5.41, 5.74) is 2.87. The minimum atomic E-state index is -1.62. The van der Waals surface area contributed by atoms with Crippen LogP contribution in [0.2, 0.25) is 18.1 Å². The van der Waals surface area contributed by atoms with Crippen LogP contribution < -0.4 is 4.90 Å². The van der Waals surface area contributed by atoms with Crippen molar-refractivity contribution >= 4 is 13.8 Å². The van der Waals surface area contributed by atoms with Crippen molar-refractivity contribution in [2.75, 3.05) is 4.90 Å². The van der Waals surface area contributed by atoms with Gasteiger partial charge in [-0.2, -0.15) is 0 Å². The van der Waals surface area contributed by atoms with Crippen LogP contribution in [0.3, 0.4) is 0 Å². The van der Waals surface area contributed by atoms with Crippen molar-refractivity contribution in [1.29, 1.82) is 0 Å². The van der Waals surface area contributed by atoms with Crippen molar-refractivity contribution in [2.24, 2.45) is 0 Å². The van der Waals surface area contributed by atoms with E-state index < -0.39 is 8.07 Å². The van der Waals surface area contributed by atoms with Crippen molar-refractivity contribution in [1.82, 2.24) is 0 Å². The molecule has 0 aliphatic carbocycles. The Morgan fingerprint density at radius 2 is 1.46 bits per heavy atom. The summed E-state index contributed by atoms with van der Waals surface area (Å²) < 4.78 is 0. The van der Waals surface area contributed by atoms with E-state index in [2.05, 4.69) is 106 Å². The fourth-order valence-corrected chi connectivity index (χ4v) is 8.54. The third kappa shape index (κ3) is 2.92. The number of benzene rings is 2. The molecule has 0 spiro atoms. The molecule has 3 rings (SSSR count). The minimum absolute atomic E-state index is 0.296. The summed E-state index contributed by atoms with van der Waals surface area (Å²) >= 11 is 0. The Balaban J connectivity index is 2.15. The zero-order valence-corrected chi connectivity index (χ0v) is 18.4. The van der Waals surface area contributed by atoms with E-state index in [1.807, 2.05) is 0 Å². The number of para-hydroxylation sites is 1. The second-order valence-corrected chi connectivity index (χ2v) is 15.0. The molecule has 2 aromatic rings. The van der Waals surface area contributed by atoms with E-state index in [9.17, 15) is 0 Å². The van der Waals surface area contributed by atoms with Crippen molar-refractivity contribution in [3.63, 3.8) is 0 Å². The molecule has 2 heteroatoms. The van der Waals surface area contributed by atoms with Crippen molar-refractivity contribution in [2.45, 2.75) is 76.3 Å². The number of nitrogens with zero attached hydrogens (tertiary/aromatic N) is 1. The van der Waals surface area contributed by atoms with Crippen LogP contribution in [0.25, 0.3) is 0 Å². The molecule has 0 amide bonds. The number of hydrogen-bond acceptors (Lipinski definition) is 1. The van der Waals surface area contributed by atoms with E-state index in [1.165, 1.54) is 30.5 Å². The molecule has 0 aromatic heterocycles. The van der Waals surface area contributed by atoms with E-state index in [-0.39, 0.29) is 0 Å². The molecule has 1 fully saturated rings. The lowest BCUT2D eigenvalue weighted by molar-refractivity contribution is 0.600. The molecule has 0 saturated carbocycles. The molecule has 1 heterocycles. The van der Waals surface area contributed by atoms with Gasteiger partial charge in [0.2, 0.25) is 0 Å². The second-order valence-electron chi connectivity index (χ2n) is 9.42. The van der Waals surface area contributed by atoms with Crippen LogP contribution in [-0.4, -0.2) is 13.2 Å². The van der Waals surface area contributed by atoms with Crippen LogP contribution in [0.5, 0.6) is 0 Å². The third-order valence-corrected chi connectivity index (χ3v) is 13.8. The smallest absolute Gasteiger partial charge is 0.0858 e. The molecule has 0 radical (unpaired) electrons. The molecular weight excluding hydrogens is 330 g/mol. The van der Waals surface area contributed by atoms with Crippen LogP contribution in [0, 0.1) is 0 Å². The summed E-state index contributed by atoms with van der Waals surface area (Å²) in [4.78, 5) is 2.77. The number of rotatable bonds is 6. The van der Waals surface area contributed by atoms with E-state index in [0.29, 0.717) is 16.2 Å². The van der Waals surface area contributed by atoms with Crippen LogP contribution >= 0.6 is 0 Å². The Morgan fingerprint density at radius 3 is 1.96 bits per heavy atom. The van der Waals surface area contributed by atoms with Gasteiger partial charge in [-0.25, -0.2) is 0 Å². The van der Waals surface area contributed by atoms with E-state index in [0.717, 1.165) is 0 Å². The van der Waals surface area contributed by atoms with Crippen molar-refractivity contribution in [3.05, 3.63) is 66.2 Å². The first-order valence-corrected chi connectivity index (χ1v) is 13.2. The summed E-state index contributed by atoms with van der Waals surface area (Å²) in [6, 6.07) is 22.8. The quantitative estimate of drug-likeness (QED) is 0.385. The van der Waals surface area contributed by atoms with Crippen molar-refractivity contribution in [3.8, 4) is 0 Å². The summed E-state index contributed by atoms with van der Waals surface area (Å²) in [5.74, 6) is 0. The molecule has 1 nitrogen and oxygen atoms in total. The van der Waals surface area contributed by atoms with Crippen LogP contribution in [-0.2, 0) is 0 Å². The topological polar surface area (TPSA) is 3.01 Å². The molecule has 2 aromatic carbocycles. The SMILES string of the molecule is CCCC[C@@]1([Si](C)(C)C(C)(C)C)[C@H](c2ccccc2)N1c1ccccc1. The van der Waals surface area contributed by atoms with Gasteiger partial charge in [0.05, 0.1) is 19.3 Å². The van der Waals surface area contributed by atoms with Gasteiger partial charge in [0.15, 0.2) is 0 Å². The van der Waals surface area contributed by atoms with Gasteiger partial charge in [-0.3, -0.25) is 0 Å². The highest BCUT2D eigenvalue weighted by molar-refractivity contribution is 6.85. The fourth-order valence-electron chi connectivity index (χ4n) is 4.67. The number of unbranched alkanes of at least 4 members (excludes halogenated alkanes) is 1. The van der Waals surface area contributed by atoms with Gasteiger partial charge in [0.1, 0.15) is 0 Å². The Morgan fingerprint density at radius 1 is 0.923 bits per heavy atom. The highest BCUT2D eigenvalue weighted by Gasteiger charge is 2.72. The summed E-state index contributed by atoms with van der Waals surface area (Å²) in [5, 5.41) is 0.654. The Labute approximate surface area is 161 Å². The molecule has 26 heavy (non-hydrogen) atoms. The Kier molecular flexibility index (Phi) is 5.09. The zero-order chi connectivity index (χ0) is 19.0. The second kappa shape index (κ2) is 6.88. The van der Waals surface area contributed by atoms with Crippen LogP contribution in [0.15, 0.2) is 60.7 Å². The lowest BCUT2D eigenvalue weighted by Crippen LogP contribution is -2.54. The van der Waals surface area contributed by atoms with Gasteiger partial charge < -0.3 is 4.90 Å². The molecule has 0 bridgehead atoms. The van der Waals surface area contributed by atoms with Gasteiger partial charge in [-0.05, 0) is 29.2 Å². The Hall–Kier alpha value is -1.54. The molecule has 1 aliphatic heterocycles. The highest BCUT2D eigenvalue weighted by atomic mass is 28.3. The first-order valence-electron chi connectivity index (χ1n) is 10.2. The van der Waals surface area contributed by atoms with Gasteiger partial charge >= 0.3 is 0 Å². The van der Waals surface area contributed by atoms with Crippen molar-refractivity contribution < 1.29 is 0 Å². The summed E-state index contributed by atoms with van der Waals surface area (Å²) in [6.45, 7) is 15.0. The standard InChI is InChI=1S/C24H35NSi/c1-7-8-19-24(26(5,6)23(2,3)4)22(20-15-11-9-12-16-20)25(24)21-17-13-10-14-18-21/h9-18,22H,7-8,19H2,1-6H3/t22-,24+,25?/m0/s1. The fraction of sp³-hybridized carbons (Fsp3) is 0.500. The van der Waals surface area contributed by atoms with E-state index >= 15 is 0 Å². The van der Waals surface area contributed by atoms with Gasteiger partial charge in [0, 0.05) is 5.69 Å². The maximum Gasteiger partial charge on any atom is 0.0858 e. The van der Waals surface area contributed by atoms with E-state index in [1.54, 1.807) is 0 Å². The lowest BCUT2D eigenvalue weighted by Gasteiger charge is -2.44. The average molecular weight is 366 g/mol. The van der Waals surface area contributed by atoms with E-state index in [4.69, 9.17) is 0 Å². The third-order valence-electron chi connectivity index (χ3n) is 7.09. The maximum atomic E-state index is 2.77. The number of hydrogen-bond donors (Lipinski definition) is 0. The first kappa shape index (κ1) is 19.2. The molecule has 2 atom stereocenters.